The van der Waals surface area contributed by atoms with E-state index in [1.54, 1.807) is 12.3 Å². The van der Waals surface area contributed by atoms with Crippen molar-refractivity contribution in [3.63, 3.8) is 0 Å². The van der Waals surface area contributed by atoms with Crippen LogP contribution in [-0.4, -0.2) is 52.8 Å². The number of piperidine rings is 1. The predicted octanol–water partition coefficient (Wildman–Crippen LogP) is 5.91. The summed E-state index contributed by atoms with van der Waals surface area (Å²) in [6, 6.07) is 5.85. The average Bonchev–Trinajstić information content (AvgIpc) is 3.32. The van der Waals surface area contributed by atoms with E-state index >= 15 is 0 Å². The van der Waals surface area contributed by atoms with Gasteiger partial charge in [0.15, 0.2) is 0 Å². The van der Waals surface area contributed by atoms with E-state index in [0.717, 1.165) is 30.7 Å². The molecule has 0 saturated carbocycles. The van der Waals surface area contributed by atoms with Crippen molar-refractivity contribution < 1.29 is 40.7 Å². The molecule has 0 aliphatic carbocycles. The molecular weight excluding hydrogens is 626 g/mol. The molecule has 0 radical (unpaired) electrons. The third-order valence-electron chi connectivity index (χ3n) is 7.29. The fourth-order valence-electron chi connectivity index (χ4n) is 5.01. The molecule has 9 nitrogen and oxygen atoms in total. The van der Waals surface area contributed by atoms with Gasteiger partial charge in [0.25, 0.3) is 11.1 Å². The van der Waals surface area contributed by atoms with E-state index in [1.807, 2.05) is 4.90 Å². The van der Waals surface area contributed by atoms with Crippen LogP contribution in [-0.2, 0) is 23.7 Å². The predicted molar refractivity (Wildman–Crippen MR) is 154 cm³/mol. The molecule has 2 aliphatic heterocycles. The SMILES string of the molecule is COc1ccc(-c2ccc(C(F)(F)F)cc2C(F)(F)F)nc1CNCC1CCN(c2nccc(/C=C3\SC(=O)NC3=O)n2)CC1. The van der Waals surface area contributed by atoms with Crippen LogP contribution in [0.5, 0.6) is 5.75 Å². The van der Waals surface area contributed by atoms with Gasteiger partial charge < -0.3 is 15.0 Å². The molecule has 2 amide bonds. The number of methoxy groups -OCH3 is 1. The average molecular weight is 653 g/mol. The summed E-state index contributed by atoms with van der Waals surface area (Å²) in [5.74, 6) is 0.616. The number of imide groups is 1. The fourth-order valence-corrected chi connectivity index (χ4v) is 5.68. The van der Waals surface area contributed by atoms with Crippen molar-refractivity contribution in [2.45, 2.75) is 31.7 Å². The van der Waals surface area contributed by atoms with Gasteiger partial charge in [-0.05, 0) is 73.5 Å². The van der Waals surface area contributed by atoms with Gasteiger partial charge in [-0.3, -0.25) is 14.9 Å². The summed E-state index contributed by atoms with van der Waals surface area (Å²) in [6.45, 7) is 2.05. The number of pyridine rings is 1. The van der Waals surface area contributed by atoms with Crippen LogP contribution >= 0.6 is 11.8 Å². The van der Waals surface area contributed by atoms with Crippen LogP contribution in [0.3, 0.4) is 0 Å². The van der Waals surface area contributed by atoms with Gasteiger partial charge in [0.05, 0.1) is 40.2 Å². The van der Waals surface area contributed by atoms with Crippen molar-refractivity contribution >= 4 is 34.9 Å². The summed E-state index contributed by atoms with van der Waals surface area (Å²) in [7, 11) is 1.39. The minimum absolute atomic E-state index is 0.0965. The number of aromatic nitrogens is 3. The van der Waals surface area contributed by atoms with Gasteiger partial charge in [-0.25, -0.2) is 15.0 Å². The highest BCUT2D eigenvalue weighted by Crippen LogP contribution is 2.41. The van der Waals surface area contributed by atoms with Gasteiger partial charge in [0, 0.05) is 31.4 Å². The van der Waals surface area contributed by atoms with E-state index in [2.05, 4.69) is 25.6 Å². The Labute approximate surface area is 257 Å². The largest absolute Gasteiger partial charge is 0.495 e. The zero-order valence-corrected chi connectivity index (χ0v) is 24.4. The molecule has 2 N–H and O–H groups in total. The van der Waals surface area contributed by atoms with Crippen LogP contribution in [0.1, 0.15) is 35.4 Å². The fraction of sp³-hybridized carbons (Fsp3) is 0.345. The number of amides is 2. The van der Waals surface area contributed by atoms with Crippen LogP contribution in [0.25, 0.3) is 17.3 Å². The Bertz CT molecular complexity index is 1620. The van der Waals surface area contributed by atoms with Gasteiger partial charge in [-0.15, -0.1) is 0 Å². The maximum Gasteiger partial charge on any atom is 0.417 e. The number of halogens is 6. The third-order valence-corrected chi connectivity index (χ3v) is 8.10. The van der Waals surface area contributed by atoms with E-state index < -0.39 is 40.2 Å². The first-order valence-corrected chi connectivity index (χ1v) is 14.5. The Morgan fingerprint density at radius 3 is 2.44 bits per heavy atom. The lowest BCUT2D eigenvalue weighted by Crippen LogP contribution is -2.38. The molecule has 2 saturated heterocycles. The van der Waals surface area contributed by atoms with Gasteiger partial charge in [0.2, 0.25) is 5.95 Å². The van der Waals surface area contributed by atoms with Crippen LogP contribution < -0.4 is 20.3 Å². The summed E-state index contributed by atoms with van der Waals surface area (Å²) in [4.78, 5) is 38.7. The first-order chi connectivity index (χ1) is 21.3. The van der Waals surface area contributed by atoms with Crippen molar-refractivity contribution in [2.24, 2.45) is 5.92 Å². The van der Waals surface area contributed by atoms with Crippen LogP contribution in [0, 0.1) is 5.92 Å². The van der Waals surface area contributed by atoms with Crippen molar-refractivity contribution in [3.05, 3.63) is 70.0 Å². The van der Waals surface area contributed by atoms with Gasteiger partial charge in [-0.1, -0.05) is 6.07 Å². The summed E-state index contributed by atoms with van der Waals surface area (Å²) in [6.07, 6.45) is -5.26. The Morgan fingerprint density at radius 2 is 1.80 bits per heavy atom. The molecule has 45 heavy (non-hydrogen) atoms. The lowest BCUT2D eigenvalue weighted by Gasteiger charge is -2.32. The molecule has 0 bridgehead atoms. The number of carbonyl (C=O) groups excluding carboxylic acids is 2. The lowest BCUT2D eigenvalue weighted by atomic mass is 9.97. The topological polar surface area (TPSA) is 109 Å². The maximum absolute atomic E-state index is 13.7. The number of ether oxygens (including phenoxy) is 1. The molecule has 16 heteroatoms. The third kappa shape index (κ3) is 7.73. The number of alkyl halides is 6. The summed E-state index contributed by atoms with van der Waals surface area (Å²) >= 11 is 0.806. The Morgan fingerprint density at radius 1 is 1.04 bits per heavy atom. The van der Waals surface area contributed by atoms with E-state index in [0.29, 0.717) is 48.8 Å². The molecule has 2 aliphatic rings. The second kappa shape index (κ2) is 13.0. The number of thioether (sulfide) groups is 1. The highest BCUT2D eigenvalue weighted by molar-refractivity contribution is 8.18. The standard InChI is InChI=1S/C29H26F6N6O3S/c1-44-23-5-4-21(19-3-2-17(28(30,31)32)12-20(19)29(33,34)35)39-22(23)15-36-14-16-7-10-41(11-8-16)26-37-9-6-18(38-26)13-24-25(42)40-27(43)45-24/h2-6,9,12-13,16,36H,7-8,10-11,14-15H2,1H3,(H,40,42,43)/b24-13-. The molecule has 3 aromatic rings. The van der Waals surface area contributed by atoms with E-state index in [9.17, 15) is 35.9 Å². The highest BCUT2D eigenvalue weighted by Gasteiger charge is 2.38. The molecule has 2 fully saturated rings. The van der Waals surface area contributed by atoms with Crippen LogP contribution in [0.4, 0.5) is 37.1 Å². The van der Waals surface area contributed by atoms with Crippen molar-refractivity contribution in [1.29, 1.82) is 0 Å². The number of rotatable bonds is 8. The maximum atomic E-state index is 13.7. The molecule has 4 heterocycles. The second-order valence-corrected chi connectivity index (χ2v) is 11.3. The highest BCUT2D eigenvalue weighted by atomic mass is 32.2. The number of hydrogen-bond acceptors (Lipinski definition) is 9. The lowest BCUT2D eigenvalue weighted by molar-refractivity contribution is -0.142. The van der Waals surface area contributed by atoms with E-state index in [1.165, 1.54) is 25.3 Å². The zero-order chi connectivity index (χ0) is 32.4. The van der Waals surface area contributed by atoms with Crippen molar-refractivity contribution in [1.82, 2.24) is 25.6 Å². The summed E-state index contributed by atoms with van der Waals surface area (Å²) in [5, 5.41) is 5.03. The monoisotopic (exact) mass is 652 g/mol. The number of benzene rings is 1. The van der Waals surface area contributed by atoms with E-state index in [-0.39, 0.29) is 29.1 Å². The second-order valence-electron chi connectivity index (χ2n) is 10.3. The van der Waals surface area contributed by atoms with Gasteiger partial charge in [0.1, 0.15) is 5.75 Å². The summed E-state index contributed by atoms with van der Waals surface area (Å²) in [5.41, 5.74) is -2.60. The number of nitrogens with zero attached hydrogens (tertiary/aromatic N) is 4. The van der Waals surface area contributed by atoms with Crippen LogP contribution in [0.15, 0.2) is 47.5 Å². The van der Waals surface area contributed by atoms with Crippen molar-refractivity contribution in [3.8, 4) is 17.0 Å². The van der Waals surface area contributed by atoms with Gasteiger partial charge >= 0.3 is 12.4 Å². The zero-order valence-electron chi connectivity index (χ0n) is 23.6. The Kier molecular flexibility index (Phi) is 9.34. The van der Waals surface area contributed by atoms with Gasteiger partial charge in [-0.2, -0.15) is 26.3 Å². The molecular formula is C29H26F6N6O3S. The quantitative estimate of drug-likeness (QED) is 0.227. The molecule has 0 unspecified atom stereocenters. The molecule has 0 atom stereocenters. The molecule has 238 valence electrons. The first-order valence-electron chi connectivity index (χ1n) is 13.7. The smallest absolute Gasteiger partial charge is 0.417 e. The molecule has 1 aromatic carbocycles. The molecule has 2 aromatic heterocycles. The number of carbonyl (C=O) groups is 2. The molecule has 0 spiro atoms. The number of anilines is 1. The Hall–Kier alpha value is -4.18. The minimum Gasteiger partial charge on any atom is -0.495 e. The first kappa shape index (κ1) is 32.2. The summed E-state index contributed by atoms with van der Waals surface area (Å²) < 4.78 is 85.9. The van der Waals surface area contributed by atoms with Crippen LogP contribution in [0.2, 0.25) is 0 Å². The number of nitrogens with one attached hydrogen (secondary N) is 2. The van der Waals surface area contributed by atoms with Crippen molar-refractivity contribution in [2.75, 3.05) is 31.6 Å². The molecule has 5 rings (SSSR count). The Balaban J connectivity index is 1.21. The normalized spacial score (nSPS) is 17.2. The minimum atomic E-state index is -5.03. The number of hydrogen-bond donors (Lipinski definition) is 2. The van der Waals surface area contributed by atoms with E-state index in [4.69, 9.17) is 4.74 Å².